The van der Waals surface area contributed by atoms with Crippen molar-refractivity contribution in [2.45, 2.75) is 31.3 Å². The smallest absolute Gasteiger partial charge is 0.256 e. The third kappa shape index (κ3) is 6.80. The molecule has 2 saturated carbocycles. The standard InChI is InChI=1S/C36H36F2N12O4/c1-39-30-13-28(47-33-21(15-41-49(30)33)35(51)43-20-8-9-20)44-24-6-4-5-7-27(24)54-17-18-10-25(18)46-36(52)22-16-42-50-31(40-2)14-29(48-34(22)50)45-26-12-19(37)11-23(38)32(26)53-3/h4-7,11-16,18,20,25,39-40H,8-10,17H2,1-3H3,(H,43,51)(H,44,47)(H,45,48)(H,46,52). The van der Waals surface area contributed by atoms with Crippen LogP contribution in [0.4, 0.5) is 43.4 Å². The summed E-state index contributed by atoms with van der Waals surface area (Å²) >= 11 is 0. The zero-order chi connectivity index (χ0) is 37.5. The van der Waals surface area contributed by atoms with E-state index in [1.165, 1.54) is 24.0 Å². The minimum absolute atomic E-state index is 0.0256. The average Bonchev–Trinajstić information content (AvgIpc) is 4.03. The van der Waals surface area contributed by atoms with Crippen molar-refractivity contribution in [3.63, 3.8) is 0 Å². The van der Waals surface area contributed by atoms with Crippen LogP contribution in [0.25, 0.3) is 11.3 Å². The van der Waals surface area contributed by atoms with Crippen molar-refractivity contribution in [3.05, 3.63) is 83.7 Å². The van der Waals surface area contributed by atoms with Crippen LogP contribution in [0.3, 0.4) is 0 Å². The maximum absolute atomic E-state index is 14.3. The number of rotatable bonds is 14. The van der Waals surface area contributed by atoms with Crippen LogP contribution in [0.1, 0.15) is 40.0 Å². The van der Waals surface area contributed by atoms with Crippen molar-refractivity contribution in [2.75, 3.05) is 49.1 Å². The number of carbonyl (C=O) groups is 2. The van der Waals surface area contributed by atoms with Crippen LogP contribution in [0.2, 0.25) is 0 Å². The highest BCUT2D eigenvalue weighted by molar-refractivity contribution is 6.01. The molecule has 4 aromatic heterocycles. The summed E-state index contributed by atoms with van der Waals surface area (Å²) in [6.07, 6.45) is 5.57. The van der Waals surface area contributed by atoms with E-state index in [-0.39, 0.29) is 58.3 Å². The molecule has 4 heterocycles. The van der Waals surface area contributed by atoms with Gasteiger partial charge in [-0.15, -0.1) is 0 Å². The quantitative estimate of drug-likeness (QED) is 0.0906. The Morgan fingerprint density at radius 3 is 2.06 bits per heavy atom. The van der Waals surface area contributed by atoms with E-state index < -0.39 is 11.6 Å². The first-order valence-electron chi connectivity index (χ1n) is 17.3. The first kappa shape index (κ1) is 34.4. The van der Waals surface area contributed by atoms with Crippen LogP contribution < -0.4 is 41.4 Å². The lowest BCUT2D eigenvalue weighted by atomic mass is 10.2. The summed E-state index contributed by atoms with van der Waals surface area (Å²) < 4.78 is 42.8. The van der Waals surface area contributed by atoms with Gasteiger partial charge < -0.3 is 41.4 Å². The number of halogens is 2. The number of carbonyl (C=O) groups excluding carboxylic acids is 2. The van der Waals surface area contributed by atoms with E-state index in [4.69, 9.17) is 14.5 Å². The predicted molar refractivity (Wildman–Crippen MR) is 196 cm³/mol. The second-order valence-corrected chi connectivity index (χ2v) is 13.0. The summed E-state index contributed by atoms with van der Waals surface area (Å²) in [7, 11) is 4.71. The Morgan fingerprint density at radius 2 is 1.44 bits per heavy atom. The van der Waals surface area contributed by atoms with Gasteiger partial charge in [0, 0.05) is 56.4 Å². The fourth-order valence-corrected chi connectivity index (χ4v) is 6.11. The first-order chi connectivity index (χ1) is 26.2. The van der Waals surface area contributed by atoms with Gasteiger partial charge in [0.05, 0.1) is 37.5 Å². The molecule has 2 atom stereocenters. The third-order valence-corrected chi connectivity index (χ3v) is 9.17. The van der Waals surface area contributed by atoms with E-state index in [2.05, 4.69) is 47.1 Å². The van der Waals surface area contributed by atoms with Gasteiger partial charge >= 0.3 is 0 Å². The number of nitrogens with zero attached hydrogens (tertiary/aromatic N) is 6. The number of para-hydroxylation sites is 2. The highest BCUT2D eigenvalue weighted by atomic mass is 19.1. The number of hydrogen-bond donors (Lipinski definition) is 6. The van der Waals surface area contributed by atoms with Crippen molar-refractivity contribution in [1.82, 2.24) is 39.8 Å². The van der Waals surface area contributed by atoms with Gasteiger partial charge in [0.15, 0.2) is 22.9 Å². The molecule has 0 aliphatic heterocycles. The number of aromatic nitrogens is 6. The molecule has 2 unspecified atom stereocenters. The summed E-state index contributed by atoms with van der Waals surface area (Å²) in [4.78, 5) is 35.6. The minimum Gasteiger partial charge on any atom is -0.492 e. The predicted octanol–water partition coefficient (Wildman–Crippen LogP) is 4.72. The number of methoxy groups -OCH3 is 1. The topological polar surface area (TPSA) is 185 Å². The maximum atomic E-state index is 14.3. The van der Waals surface area contributed by atoms with E-state index in [0.29, 0.717) is 53.1 Å². The Labute approximate surface area is 306 Å². The van der Waals surface area contributed by atoms with Crippen molar-refractivity contribution >= 4 is 57.8 Å². The molecule has 2 aliphatic carbocycles. The Morgan fingerprint density at radius 1 is 0.833 bits per heavy atom. The summed E-state index contributed by atoms with van der Waals surface area (Å²) in [6.45, 7) is 0.336. The summed E-state index contributed by atoms with van der Waals surface area (Å²) in [5.41, 5.74) is 1.93. The lowest BCUT2D eigenvalue weighted by Gasteiger charge is -2.14. The first-order valence-corrected chi connectivity index (χ1v) is 17.3. The third-order valence-electron chi connectivity index (χ3n) is 9.17. The summed E-state index contributed by atoms with van der Waals surface area (Å²) in [5, 5.41) is 27.1. The fraction of sp³-hybridized carbons (Fsp3) is 0.278. The Kier molecular flexibility index (Phi) is 8.92. The Bertz CT molecular complexity index is 2410. The van der Waals surface area contributed by atoms with Gasteiger partial charge in [0.25, 0.3) is 11.8 Å². The van der Waals surface area contributed by atoms with Gasteiger partial charge in [-0.2, -0.15) is 19.2 Å². The molecule has 0 radical (unpaired) electrons. The molecule has 0 saturated heterocycles. The van der Waals surface area contributed by atoms with Crippen LogP contribution in [-0.2, 0) is 0 Å². The van der Waals surface area contributed by atoms with Crippen molar-refractivity contribution < 1.29 is 27.8 Å². The second kappa shape index (κ2) is 14.0. The summed E-state index contributed by atoms with van der Waals surface area (Å²) in [5.74, 6) is -0.00919. The molecule has 18 heteroatoms. The van der Waals surface area contributed by atoms with Gasteiger partial charge in [-0.05, 0) is 31.4 Å². The van der Waals surface area contributed by atoms with E-state index in [1.54, 1.807) is 30.7 Å². The fourth-order valence-electron chi connectivity index (χ4n) is 6.11. The molecule has 0 bridgehead atoms. The number of fused-ring (bicyclic) bond motifs is 2. The van der Waals surface area contributed by atoms with Crippen LogP contribution in [0.5, 0.6) is 11.5 Å². The lowest BCUT2D eigenvalue weighted by Crippen LogP contribution is -2.27. The number of hydrogen-bond acceptors (Lipinski definition) is 12. The molecule has 2 aromatic carbocycles. The zero-order valence-corrected chi connectivity index (χ0v) is 29.4. The van der Waals surface area contributed by atoms with E-state index in [0.717, 1.165) is 25.0 Å². The summed E-state index contributed by atoms with van der Waals surface area (Å²) in [6, 6.07) is 12.7. The largest absolute Gasteiger partial charge is 0.492 e. The Hall–Kier alpha value is -6.72. The molecule has 54 heavy (non-hydrogen) atoms. The number of benzene rings is 2. The molecular formula is C36H36F2N12O4. The SMILES string of the molecule is CNc1cc(Nc2ccccc2OCC2CC2NC(=O)c2cnn3c(NC)cc(Nc4cc(F)cc(F)c4OC)nc23)nc2c(C(=O)NC3CC3)cnn12. The van der Waals surface area contributed by atoms with E-state index in [1.807, 2.05) is 24.3 Å². The van der Waals surface area contributed by atoms with Gasteiger partial charge in [-0.1, -0.05) is 12.1 Å². The van der Waals surface area contributed by atoms with Crippen LogP contribution >= 0.6 is 0 Å². The van der Waals surface area contributed by atoms with E-state index >= 15 is 0 Å². The molecule has 6 N–H and O–H groups in total. The molecule has 0 spiro atoms. The minimum atomic E-state index is -0.876. The van der Waals surface area contributed by atoms with Gasteiger partial charge in [0.2, 0.25) is 0 Å². The number of anilines is 6. The van der Waals surface area contributed by atoms with Gasteiger partial charge in [0.1, 0.15) is 46.0 Å². The van der Waals surface area contributed by atoms with Crippen LogP contribution in [-0.4, -0.2) is 80.9 Å². The Balaban J connectivity index is 0.938. The number of nitrogens with one attached hydrogen (secondary N) is 6. The van der Waals surface area contributed by atoms with Gasteiger partial charge in [-0.3, -0.25) is 9.59 Å². The monoisotopic (exact) mass is 738 g/mol. The second-order valence-electron chi connectivity index (χ2n) is 13.0. The van der Waals surface area contributed by atoms with E-state index in [9.17, 15) is 18.4 Å². The lowest BCUT2D eigenvalue weighted by molar-refractivity contribution is 0.0942. The number of amides is 2. The van der Waals surface area contributed by atoms with Crippen LogP contribution in [0.15, 0.2) is 60.9 Å². The molecule has 6 aromatic rings. The highest BCUT2D eigenvalue weighted by Gasteiger charge is 2.40. The molecule has 2 fully saturated rings. The molecule has 16 nitrogen and oxygen atoms in total. The average molecular weight is 739 g/mol. The van der Waals surface area contributed by atoms with Crippen LogP contribution in [0, 0.1) is 17.6 Å². The zero-order valence-electron chi connectivity index (χ0n) is 29.4. The molecule has 2 amide bonds. The highest BCUT2D eigenvalue weighted by Crippen LogP contribution is 2.35. The van der Waals surface area contributed by atoms with Gasteiger partial charge in [-0.25, -0.2) is 18.7 Å². The molecule has 8 rings (SSSR count). The molecule has 2 aliphatic rings. The van der Waals surface area contributed by atoms with Crippen molar-refractivity contribution in [3.8, 4) is 11.5 Å². The molecular weight excluding hydrogens is 702 g/mol. The van der Waals surface area contributed by atoms with Crippen molar-refractivity contribution in [2.24, 2.45) is 5.92 Å². The number of ether oxygens (including phenoxy) is 2. The molecule has 278 valence electrons. The maximum Gasteiger partial charge on any atom is 0.256 e. The normalized spacial score (nSPS) is 16.2. The van der Waals surface area contributed by atoms with Crippen molar-refractivity contribution in [1.29, 1.82) is 0 Å².